The number of hydrogen-bond acceptors (Lipinski definition) is 4. The Morgan fingerprint density at radius 1 is 1.38 bits per heavy atom. The van der Waals surface area contributed by atoms with Crippen LogP contribution in [0.15, 0.2) is 0 Å². The third-order valence-corrected chi connectivity index (χ3v) is 4.56. The van der Waals surface area contributed by atoms with E-state index in [2.05, 4.69) is 5.32 Å². The average Bonchev–Trinajstić information content (AvgIpc) is 2.14. The second-order valence-electron chi connectivity index (χ2n) is 4.14. The highest BCUT2D eigenvalue weighted by atomic mass is 32.2. The Hall–Kier alpha value is -0.620. The number of amides is 1. The van der Waals surface area contributed by atoms with Crippen LogP contribution in [0.25, 0.3) is 0 Å². The molecule has 0 rings (SSSR count). The van der Waals surface area contributed by atoms with E-state index in [0.717, 1.165) is 0 Å². The summed E-state index contributed by atoms with van der Waals surface area (Å²) < 4.78 is 22.7. The van der Waals surface area contributed by atoms with E-state index in [4.69, 9.17) is 0 Å². The number of sulfone groups is 1. The van der Waals surface area contributed by atoms with Crippen molar-refractivity contribution in [1.29, 1.82) is 0 Å². The van der Waals surface area contributed by atoms with Gasteiger partial charge in [0.15, 0.2) is 9.84 Å². The lowest BCUT2D eigenvalue weighted by Gasteiger charge is -2.28. The number of nitrogens with one attached hydrogen (secondary N) is 1. The smallest absolute Gasteiger partial charge is 0.234 e. The molecule has 0 unspecified atom stereocenters. The summed E-state index contributed by atoms with van der Waals surface area (Å²) in [5.41, 5.74) is 0. The highest BCUT2D eigenvalue weighted by Gasteiger charge is 2.26. The maximum atomic E-state index is 11.4. The number of likely N-dealkylation sites (N-methyl/N-ethyl adjacent to an activating group) is 2. The van der Waals surface area contributed by atoms with Crippen molar-refractivity contribution in [1.82, 2.24) is 10.2 Å². The van der Waals surface area contributed by atoms with Gasteiger partial charge >= 0.3 is 0 Å². The molecule has 0 spiro atoms. The molecule has 2 atom stereocenters. The van der Waals surface area contributed by atoms with E-state index in [1.807, 2.05) is 13.8 Å². The molecule has 0 fully saturated rings. The first kappa shape index (κ1) is 15.4. The van der Waals surface area contributed by atoms with E-state index in [1.54, 1.807) is 18.9 Å². The molecule has 0 saturated heterocycles. The molecular formula is C10H22N2O3S. The van der Waals surface area contributed by atoms with Crippen LogP contribution in [0.2, 0.25) is 0 Å². The molecule has 0 radical (unpaired) electrons. The van der Waals surface area contributed by atoms with Gasteiger partial charge in [-0.25, -0.2) is 8.42 Å². The van der Waals surface area contributed by atoms with Crippen molar-refractivity contribution in [2.75, 3.05) is 26.4 Å². The predicted octanol–water partition coefficient (Wildman–Crippen LogP) is -0.124. The minimum atomic E-state index is -3.07. The Morgan fingerprint density at radius 2 is 1.88 bits per heavy atom. The molecule has 0 aliphatic heterocycles. The van der Waals surface area contributed by atoms with Crippen LogP contribution in [0.4, 0.5) is 0 Å². The van der Waals surface area contributed by atoms with E-state index < -0.39 is 15.1 Å². The van der Waals surface area contributed by atoms with Crippen molar-refractivity contribution >= 4 is 15.7 Å². The predicted molar refractivity (Wildman–Crippen MR) is 65.1 cm³/mol. The summed E-state index contributed by atoms with van der Waals surface area (Å²) in [6, 6.07) is -0.183. The molecule has 5 nitrogen and oxygen atoms in total. The van der Waals surface area contributed by atoms with Gasteiger partial charge in [0.2, 0.25) is 5.91 Å². The molecule has 0 aliphatic carbocycles. The first-order valence-electron chi connectivity index (χ1n) is 5.36. The Balaban J connectivity index is 4.39. The molecule has 96 valence electrons. The zero-order valence-corrected chi connectivity index (χ0v) is 11.5. The van der Waals surface area contributed by atoms with Gasteiger partial charge in [0.25, 0.3) is 0 Å². The summed E-state index contributed by atoms with van der Waals surface area (Å²) in [6.45, 7) is 6.12. The van der Waals surface area contributed by atoms with E-state index in [1.165, 1.54) is 6.26 Å². The van der Waals surface area contributed by atoms with Crippen molar-refractivity contribution in [2.24, 2.45) is 0 Å². The molecule has 0 aromatic heterocycles. The molecule has 0 saturated carbocycles. The Kier molecular flexibility index (Phi) is 5.96. The molecule has 0 aliphatic rings. The maximum absolute atomic E-state index is 11.4. The van der Waals surface area contributed by atoms with Gasteiger partial charge in [-0.3, -0.25) is 9.69 Å². The molecule has 0 aromatic rings. The highest BCUT2D eigenvalue weighted by molar-refractivity contribution is 7.91. The quantitative estimate of drug-likeness (QED) is 0.713. The number of hydrogen-bond donors (Lipinski definition) is 1. The number of rotatable bonds is 6. The third-order valence-electron chi connectivity index (χ3n) is 2.82. The molecule has 0 heterocycles. The van der Waals surface area contributed by atoms with Gasteiger partial charge in [0, 0.05) is 18.8 Å². The van der Waals surface area contributed by atoms with E-state index in [9.17, 15) is 13.2 Å². The lowest BCUT2D eigenvalue weighted by atomic mass is 10.2. The highest BCUT2D eigenvalue weighted by Crippen LogP contribution is 2.09. The van der Waals surface area contributed by atoms with Crippen molar-refractivity contribution in [2.45, 2.75) is 32.1 Å². The van der Waals surface area contributed by atoms with Crippen LogP contribution in [-0.4, -0.2) is 56.9 Å². The van der Waals surface area contributed by atoms with E-state index in [-0.39, 0.29) is 18.5 Å². The molecule has 1 N–H and O–H groups in total. The summed E-state index contributed by atoms with van der Waals surface area (Å²) in [5, 5.41) is 2.20. The normalized spacial score (nSPS) is 15.9. The van der Waals surface area contributed by atoms with Gasteiger partial charge in [-0.2, -0.15) is 0 Å². The monoisotopic (exact) mass is 250 g/mol. The zero-order chi connectivity index (χ0) is 12.9. The minimum absolute atomic E-state index is 0.0856. The fraction of sp³-hybridized carbons (Fsp3) is 0.900. The first-order valence-corrected chi connectivity index (χ1v) is 7.31. The molecule has 0 bridgehead atoms. The number of carbonyl (C=O) groups is 1. The summed E-state index contributed by atoms with van der Waals surface area (Å²) in [6.07, 6.45) is 1.22. The maximum Gasteiger partial charge on any atom is 0.234 e. The average molecular weight is 250 g/mol. The lowest BCUT2D eigenvalue weighted by Crippen LogP contribution is -2.45. The molecular weight excluding hydrogens is 228 g/mol. The van der Waals surface area contributed by atoms with Crippen LogP contribution in [0.5, 0.6) is 0 Å². The van der Waals surface area contributed by atoms with Crippen LogP contribution in [0, 0.1) is 0 Å². The van der Waals surface area contributed by atoms with Crippen LogP contribution < -0.4 is 5.32 Å². The fourth-order valence-electron chi connectivity index (χ4n) is 1.34. The van der Waals surface area contributed by atoms with Crippen molar-refractivity contribution in [3.05, 3.63) is 0 Å². The van der Waals surface area contributed by atoms with E-state index >= 15 is 0 Å². The van der Waals surface area contributed by atoms with Gasteiger partial charge in [0.05, 0.1) is 11.8 Å². The van der Waals surface area contributed by atoms with Crippen LogP contribution in [0.1, 0.15) is 20.8 Å². The topological polar surface area (TPSA) is 66.5 Å². The summed E-state index contributed by atoms with van der Waals surface area (Å²) in [7, 11) is -1.32. The Morgan fingerprint density at radius 3 is 2.25 bits per heavy atom. The second-order valence-corrected chi connectivity index (χ2v) is 6.55. The van der Waals surface area contributed by atoms with Gasteiger partial charge in [-0.05, 0) is 27.8 Å². The van der Waals surface area contributed by atoms with Crippen LogP contribution >= 0.6 is 0 Å². The number of nitrogens with zero attached hydrogens (tertiary/aromatic N) is 1. The molecule has 6 heteroatoms. The lowest BCUT2D eigenvalue weighted by molar-refractivity contribution is -0.122. The second kappa shape index (κ2) is 6.20. The minimum Gasteiger partial charge on any atom is -0.355 e. The van der Waals surface area contributed by atoms with Crippen LogP contribution in [-0.2, 0) is 14.6 Å². The first-order chi connectivity index (χ1) is 7.20. The Bertz CT molecular complexity index is 327. The zero-order valence-electron chi connectivity index (χ0n) is 10.6. The van der Waals surface area contributed by atoms with Crippen molar-refractivity contribution in [3.63, 3.8) is 0 Å². The van der Waals surface area contributed by atoms with Gasteiger partial charge in [-0.15, -0.1) is 0 Å². The van der Waals surface area contributed by atoms with Gasteiger partial charge < -0.3 is 5.32 Å². The molecule has 16 heavy (non-hydrogen) atoms. The summed E-state index contributed by atoms with van der Waals surface area (Å²) in [5.74, 6) is -0.0856. The standard InChI is InChI=1S/C10H22N2O3S/c1-6-11-10(13)7-12(4)8(2)9(3)16(5,14)15/h8-9H,6-7H2,1-5H3,(H,11,13)/t8-,9-/m0/s1. The summed E-state index contributed by atoms with van der Waals surface area (Å²) in [4.78, 5) is 13.1. The molecule has 1 amide bonds. The van der Waals surface area contributed by atoms with Crippen LogP contribution in [0.3, 0.4) is 0 Å². The SMILES string of the molecule is CCNC(=O)CN(C)[C@@H](C)[C@H](C)S(C)(=O)=O. The Labute approximate surface area is 98.1 Å². The van der Waals surface area contributed by atoms with Gasteiger partial charge in [-0.1, -0.05) is 0 Å². The van der Waals surface area contributed by atoms with Gasteiger partial charge in [0.1, 0.15) is 0 Å². The third kappa shape index (κ3) is 4.94. The number of carbonyl (C=O) groups excluding carboxylic acids is 1. The largest absolute Gasteiger partial charge is 0.355 e. The molecule has 0 aromatic carbocycles. The van der Waals surface area contributed by atoms with Crippen molar-refractivity contribution in [3.8, 4) is 0 Å². The fourth-order valence-corrected chi connectivity index (χ4v) is 2.26. The van der Waals surface area contributed by atoms with Crippen molar-refractivity contribution < 1.29 is 13.2 Å². The summed E-state index contributed by atoms with van der Waals surface area (Å²) >= 11 is 0. The van der Waals surface area contributed by atoms with E-state index in [0.29, 0.717) is 6.54 Å².